The minimum Gasteiger partial charge on any atom is -0.454 e. The summed E-state index contributed by atoms with van der Waals surface area (Å²) in [4.78, 5) is 27.7. The number of nitro benzene ring substituents is 1. The Morgan fingerprint density at radius 1 is 1.12 bits per heavy atom. The summed E-state index contributed by atoms with van der Waals surface area (Å²) in [5.74, 6) is 0.776. The molecular formula is C23H17FN4O5S. The van der Waals surface area contributed by atoms with Crippen molar-refractivity contribution in [1.82, 2.24) is 14.9 Å². The van der Waals surface area contributed by atoms with Crippen LogP contribution < -0.4 is 14.8 Å². The molecule has 0 spiro atoms. The number of nitro groups is 1. The number of ether oxygens (including phenoxy) is 2. The van der Waals surface area contributed by atoms with E-state index in [0.29, 0.717) is 39.9 Å². The summed E-state index contributed by atoms with van der Waals surface area (Å²) < 4.78 is 25.8. The highest BCUT2D eigenvalue weighted by Gasteiger charge is 2.18. The first-order chi connectivity index (χ1) is 16.5. The normalized spacial score (nSPS) is 12.1. The summed E-state index contributed by atoms with van der Waals surface area (Å²) in [6.07, 6.45) is 0. The van der Waals surface area contributed by atoms with Gasteiger partial charge in [0.15, 0.2) is 16.7 Å². The van der Waals surface area contributed by atoms with E-state index >= 15 is 0 Å². The first-order valence-corrected chi connectivity index (χ1v) is 11.2. The lowest BCUT2D eigenvalue weighted by molar-refractivity contribution is -0.384. The molecule has 9 nitrogen and oxygen atoms in total. The molecule has 1 aromatic heterocycles. The van der Waals surface area contributed by atoms with Crippen LogP contribution in [0.4, 0.5) is 10.1 Å². The number of carbonyl (C=O) groups is 1. The Hall–Kier alpha value is -4.12. The summed E-state index contributed by atoms with van der Waals surface area (Å²) in [5, 5.41) is 14.5. The SMILES string of the molecule is O=C(CSc1nc2cc([N+](=O)[O-])ccc2n1-c1ccc(F)cc1)NCc1ccc2c(c1)OCO2. The molecule has 2 heterocycles. The predicted octanol–water partition coefficient (Wildman–Crippen LogP) is 4.21. The van der Waals surface area contributed by atoms with Gasteiger partial charge in [-0.1, -0.05) is 17.8 Å². The van der Waals surface area contributed by atoms with E-state index in [2.05, 4.69) is 10.3 Å². The zero-order chi connectivity index (χ0) is 23.7. The van der Waals surface area contributed by atoms with Crippen molar-refractivity contribution in [1.29, 1.82) is 0 Å². The van der Waals surface area contributed by atoms with Gasteiger partial charge in [0.05, 0.1) is 21.7 Å². The Balaban J connectivity index is 1.34. The molecule has 0 radical (unpaired) electrons. The minimum atomic E-state index is -0.493. The summed E-state index contributed by atoms with van der Waals surface area (Å²) in [5.41, 5.74) is 2.42. The second-order valence-electron chi connectivity index (χ2n) is 7.39. The van der Waals surface area contributed by atoms with Crippen LogP contribution in [0.1, 0.15) is 5.56 Å². The molecule has 0 saturated heterocycles. The quantitative estimate of drug-likeness (QED) is 0.240. The Morgan fingerprint density at radius 3 is 2.71 bits per heavy atom. The topological polar surface area (TPSA) is 109 Å². The molecule has 0 saturated carbocycles. The van der Waals surface area contributed by atoms with Crippen LogP contribution >= 0.6 is 11.8 Å². The number of halogens is 1. The Bertz CT molecular complexity index is 1410. The van der Waals surface area contributed by atoms with Gasteiger partial charge in [-0.15, -0.1) is 0 Å². The van der Waals surface area contributed by atoms with Crippen molar-refractivity contribution in [3.63, 3.8) is 0 Å². The van der Waals surface area contributed by atoms with Gasteiger partial charge in [-0.3, -0.25) is 19.5 Å². The molecule has 0 aliphatic carbocycles. The van der Waals surface area contributed by atoms with Gasteiger partial charge in [-0.25, -0.2) is 9.37 Å². The first-order valence-electron chi connectivity index (χ1n) is 10.2. The fourth-order valence-corrected chi connectivity index (χ4v) is 4.39. The molecule has 5 rings (SSSR count). The highest BCUT2D eigenvalue weighted by atomic mass is 32.2. The van der Waals surface area contributed by atoms with Crippen LogP contribution in [0.5, 0.6) is 11.5 Å². The van der Waals surface area contributed by atoms with E-state index in [0.717, 1.165) is 5.56 Å². The number of fused-ring (bicyclic) bond motifs is 2. The molecule has 0 atom stereocenters. The molecule has 0 unspecified atom stereocenters. The number of hydrogen-bond acceptors (Lipinski definition) is 7. The van der Waals surface area contributed by atoms with Gasteiger partial charge in [0.1, 0.15) is 5.82 Å². The number of rotatable bonds is 7. The van der Waals surface area contributed by atoms with Gasteiger partial charge in [-0.2, -0.15) is 0 Å². The van der Waals surface area contributed by atoms with E-state index in [9.17, 15) is 19.3 Å². The molecule has 4 aromatic rings. The summed E-state index contributed by atoms with van der Waals surface area (Å²) in [6, 6.07) is 15.6. The number of amides is 1. The number of hydrogen-bond donors (Lipinski definition) is 1. The van der Waals surface area contributed by atoms with Crippen LogP contribution in [-0.2, 0) is 11.3 Å². The van der Waals surface area contributed by atoms with Crippen LogP contribution in [0.15, 0.2) is 65.8 Å². The highest BCUT2D eigenvalue weighted by molar-refractivity contribution is 7.99. The fourth-order valence-electron chi connectivity index (χ4n) is 3.53. The number of nitrogens with one attached hydrogen (secondary N) is 1. The second kappa shape index (κ2) is 9.02. The average molecular weight is 480 g/mol. The van der Waals surface area contributed by atoms with Gasteiger partial charge in [0, 0.05) is 24.4 Å². The Morgan fingerprint density at radius 2 is 1.91 bits per heavy atom. The summed E-state index contributed by atoms with van der Waals surface area (Å²) in [7, 11) is 0. The number of aromatic nitrogens is 2. The maximum atomic E-state index is 13.5. The maximum Gasteiger partial charge on any atom is 0.271 e. The van der Waals surface area contributed by atoms with Crippen molar-refractivity contribution in [2.75, 3.05) is 12.5 Å². The second-order valence-corrected chi connectivity index (χ2v) is 8.33. The number of carbonyl (C=O) groups excluding carboxylic acids is 1. The number of benzene rings is 3. The largest absolute Gasteiger partial charge is 0.454 e. The standard InChI is InChI=1S/C23H17FN4O5S/c24-15-2-4-16(5-3-15)27-19-7-6-17(28(30)31)10-18(19)26-23(27)34-12-22(29)25-11-14-1-8-20-21(9-14)33-13-32-20/h1-10H,11-13H2,(H,25,29). The molecule has 11 heteroatoms. The van der Waals surface area contributed by atoms with E-state index in [1.54, 1.807) is 28.8 Å². The van der Waals surface area contributed by atoms with Crippen molar-refractivity contribution in [2.24, 2.45) is 0 Å². The predicted molar refractivity (Wildman–Crippen MR) is 123 cm³/mol. The van der Waals surface area contributed by atoms with Crippen LogP contribution in [0.25, 0.3) is 16.7 Å². The summed E-state index contributed by atoms with van der Waals surface area (Å²) >= 11 is 1.18. The number of thioether (sulfide) groups is 1. The van der Waals surface area contributed by atoms with Gasteiger partial charge >= 0.3 is 0 Å². The van der Waals surface area contributed by atoms with Gasteiger partial charge in [-0.05, 0) is 48.0 Å². The first kappa shape index (κ1) is 21.7. The molecule has 1 aliphatic rings. The van der Waals surface area contributed by atoms with Crippen molar-refractivity contribution in [3.05, 3.63) is 82.2 Å². The lowest BCUT2D eigenvalue weighted by atomic mass is 10.2. The fraction of sp³-hybridized carbons (Fsp3) is 0.130. The highest BCUT2D eigenvalue weighted by Crippen LogP contribution is 2.33. The van der Waals surface area contributed by atoms with Gasteiger partial charge in [0.2, 0.25) is 12.7 Å². The lowest BCUT2D eigenvalue weighted by Crippen LogP contribution is -2.24. The van der Waals surface area contributed by atoms with E-state index in [-0.39, 0.29) is 30.0 Å². The third-order valence-corrected chi connectivity index (χ3v) is 6.10. The lowest BCUT2D eigenvalue weighted by Gasteiger charge is -2.09. The number of nitrogens with zero attached hydrogens (tertiary/aromatic N) is 3. The molecule has 0 fully saturated rings. The summed E-state index contributed by atoms with van der Waals surface area (Å²) in [6.45, 7) is 0.497. The average Bonchev–Trinajstić information content (AvgIpc) is 3.45. The van der Waals surface area contributed by atoms with Gasteiger partial charge < -0.3 is 14.8 Å². The molecular weight excluding hydrogens is 463 g/mol. The Labute approximate surface area is 196 Å². The molecule has 1 aliphatic heterocycles. The van der Waals surface area contributed by atoms with Crippen molar-refractivity contribution in [2.45, 2.75) is 11.7 Å². The number of non-ortho nitro benzene ring substituents is 1. The Kier molecular flexibility index (Phi) is 5.76. The third-order valence-electron chi connectivity index (χ3n) is 5.16. The zero-order valence-electron chi connectivity index (χ0n) is 17.6. The van der Waals surface area contributed by atoms with E-state index < -0.39 is 4.92 Å². The minimum absolute atomic E-state index is 0.0666. The van der Waals surface area contributed by atoms with Crippen LogP contribution in [0, 0.1) is 15.9 Å². The van der Waals surface area contributed by atoms with E-state index in [1.807, 2.05) is 12.1 Å². The van der Waals surface area contributed by atoms with Crippen molar-refractivity contribution >= 4 is 34.4 Å². The number of imidazole rings is 1. The van der Waals surface area contributed by atoms with E-state index in [1.165, 1.54) is 36.0 Å². The van der Waals surface area contributed by atoms with Crippen molar-refractivity contribution in [3.8, 4) is 17.2 Å². The maximum absolute atomic E-state index is 13.5. The van der Waals surface area contributed by atoms with Crippen LogP contribution in [-0.4, -0.2) is 32.9 Å². The van der Waals surface area contributed by atoms with Crippen LogP contribution in [0.2, 0.25) is 0 Å². The van der Waals surface area contributed by atoms with Gasteiger partial charge in [0.25, 0.3) is 5.69 Å². The molecule has 172 valence electrons. The zero-order valence-corrected chi connectivity index (χ0v) is 18.4. The molecule has 0 bridgehead atoms. The smallest absolute Gasteiger partial charge is 0.271 e. The van der Waals surface area contributed by atoms with E-state index in [4.69, 9.17) is 9.47 Å². The van der Waals surface area contributed by atoms with Crippen LogP contribution in [0.3, 0.4) is 0 Å². The molecule has 1 amide bonds. The van der Waals surface area contributed by atoms with Crippen molar-refractivity contribution < 1.29 is 23.6 Å². The molecule has 1 N–H and O–H groups in total. The third kappa shape index (κ3) is 4.37. The molecule has 34 heavy (non-hydrogen) atoms. The molecule has 3 aromatic carbocycles. The monoisotopic (exact) mass is 480 g/mol.